The number of hydrogen-bond donors (Lipinski definition) is 0. The van der Waals surface area contributed by atoms with E-state index in [1.165, 1.54) is 120 Å². The van der Waals surface area contributed by atoms with Crippen LogP contribution in [0.5, 0.6) is 0 Å². The van der Waals surface area contributed by atoms with Gasteiger partial charge in [-0.05, 0) is 25.5 Å². The molecule has 0 aromatic heterocycles. The Morgan fingerprint density at radius 2 is 1.00 bits per heavy atom. The zero-order chi connectivity index (χ0) is 20.1. The molecule has 170 valence electrons. The van der Waals surface area contributed by atoms with Crippen LogP contribution in [0.2, 0.25) is 0 Å². The molecule has 0 atom stereocenters. The highest BCUT2D eigenvalue weighted by atomic mass is 79.9. The topological polar surface area (TPSA) is 12.4 Å². The number of quaternary nitrogens is 1. The maximum Gasteiger partial charge on any atom is 0.0800 e. The van der Waals surface area contributed by atoms with Crippen molar-refractivity contribution in [2.75, 3.05) is 33.7 Å². The second-order valence-corrected chi connectivity index (χ2v) is 9.21. The van der Waals surface area contributed by atoms with Gasteiger partial charge in [-0.2, -0.15) is 0 Å². The Kier molecular flexibility index (Phi) is 25.3. The standard InChI is InChI=1S/C25H53N2.BrH/c1-5-7-9-10-11-12-13-14-15-16-17-18-19-20-24-27(3,4)25-21-23-26-22-8-6-2;/h22H,5-21,23-25H2,1-4H3;1H/q+1;/p-1. The largest absolute Gasteiger partial charge is 1.00 e. The molecule has 0 amide bonds. The molecule has 0 fully saturated rings. The third-order valence-corrected chi connectivity index (χ3v) is 5.71. The molecule has 0 N–H and O–H groups in total. The molecule has 0 aromatic carbocycles. The Labute approximate surface area is 189 Å². The molecule has 0 radical (unpaired) electrons. The molecule has 0 aliphatic heterocycles. The maximum absolute atomic E-state index is 4.50. The number of unbranched alkanes of at least 4 members (excludes halogenated alkanes) is 14. The van der Waals surface area contributed by atoms with Gasteiger partial charge in [-0.3, -0.25) is 4.99 Å². The van der Waals surface area contributed by atoms with E-state index in [9.17, 15) is 0 Å². The van der Waals surface area contributed by atoms with E-state index in [2.05, 4.69) is 39.1 Å². The Morgan fingerprint density at radius 1 is 0.571 bits per heavy atom. The number of hydrogen-bond acceptors (Lipinski definition) is 1. The minimum absolute atomic E-state index is 0. The monoisotopic (exact) mass is 460 g/mol. The average Bonchev–Trinajstić information content (AvgIpc) is 2.65. The minimum Gasteiger partial charge on any atom is -1.00 e. The SMILES string of the molecule is CCCC=NCCC[N+](C)(C)CCCCCCCCCCCCCCCC.[Br-]. The van der Waals surface area contributed by atoms with Gasteiger partial charge in [0.2, 0.25) is 0 Å². The molecule has 0 spiro atoms. The molecule has 0 saturated heterocycles. The number of rotatable bonds is 21. The van der Waals surface area contributed by atoms with Gasteiger partial charge in [0.1, 0.15) is 0 Å². The van der Waals surface area contributed by atoms with E-state index >= 15 is 0 Å². The molecule has 0 aromatic rings. The van der Waals surface area contributed by atoms with Gasteiger partial charge in [-0.25, -0.2) is 0 Å². The van der Waals surface area contributed by atoms with E-state index in [1.54, 1.807) is 0 Å². The summed E-state index contributed by atoms with van der Waals surface area (Å²) in [5.41, 5.74) is 0. The van der Waals surface area contributed by atoms with Gasteiger partial charge >= 0.3 is 0 Å². The summed E-state index contributed by atoms with van der Waals surface area (Å²) in [5, 5.41) is 0. The van der Waals surface area contributed by atoms with Crippen molar-refractivity contribution in [1.82, 2.24) is 0 Å². The third kappa shape index (κ3) is 24.1. The van der Waals surface area contributed by atoms with Gasteiger partial charge in [-0.1, -0.05) is 97.3 Å². The van der Waals surface area contributed by atoms with Crippen LogP contribution in [0.25, 0.3) is 0 Å². The lowest BCUT2D eigenvalue weighted by Gasteiger charge is -2.29. The second-order valence-electron chi connectivity index (χ2n) is 9.21. The van der Waals surface area contributed by atoms with Crippen LogP contribution >= 0.6 is 0 Å². The Hall–Kier alpha value is 0.110. The van der Waals surface area contributed by atoms with Gasteiger partial charge in [0.15, 0.2) is 0 Å². The quantitative estimate of drug-likeness (QED) is 0.132. The summed E-state index contributed by atoms with van der Waals surface area (Å²) in [6, 6.07) is 0. The van der Waals surface area contributed by atoms with Crippen molar-refractivity contribution < 1.29 is 21.5 Å². The first kappa shape index (κ1) is 30.3. The van der Waals surface area contributed by atoms with Crippen molar-refractivity contribution in [2.24, 2.45) is 4.99 Å². The molecule has 0 bridgehead atoms. The molecule has 3 heteroatoms. The van der Waals surface area contributed by atoms with Gasteiger partial charge in [-0.15, -0.1) is 0 Å². The van der Waals surface area contributed by atoms with E-state index in [-0.39, 0.29) is 17.0 Å². The first-order valence-electron chi connectivity index (χ1n) is 12.4. The molecule has 0 aliphatic rings. The molecule has 28 heavy (non-hydrogen) atoms. The normalized spacial score (nSPS) is 11.9. The van der Waals surface area contributed by atoms with E-state index in [4.69, 9.17) is 0 Å². The highest BCUT2D eigenvalue weighted by Gasteiger charge is 2.13. The van der Waals surface area contributed by atoms with Gasteiger partial charge < -0.3 is 21.5 Å². The van der Waals surface area contributed by atoms with Crippen LogP contribution in [0.15, 0.2) is 4.99 Å². The summed E-state index contributed by atoms with van der Waals surface area (Å²) in [5.74, 6) is 0. The molecule has 2 nitrogen and oxygen atoms in total. The smallest absolute Gasteiger partial charge is 0.0800 e. The molecule has 0 rings (SSSR count). The number of halogens is 1. The van der Waals surface area contributed by atoms with Gasteiger partial charge in [0, 0.05) is 13.0 Å². The zero-order valence-corrected chi connectivity index (χ0v) is 21.6. The van der Waals surface area contributed by atoms with E-state index in [0.29, 0.717) is 0 Å². The minimum atomic E-state index is 0. The fourth-order valence-corrected chi connectivity index (χ4v) is 3.75. The highest BCUT2D eigenvalue weighted by Crippen LogP contribution is 2.13. The van der Waals surface area contributed by atoms with Gasteiger partial charge in [0.25, 0.3) is 0 Å². The van der Waals surface area contributed by atoms with Crippen LogP contribution in [-0.4, -0.2) is 44.4 Å². The lowest BCUT2D eigenvalue weighted by Crippen LogP contribution is -3.00. The first-order valence-corrected chi connectivity index (χ1v) is 12.4. The fraction of sp³-hybridized carbons (Fsp3) is 0.960. The summed E-state index contributed by atoms with van der Waals surface area (Å²) in [6.45, 7) is 8.12. The zero-order valence-electron chi connectivity index (χ0n) is 20.0. The van der Waals surface area contributed by atoms with Crippen LogP contribution in [0.3, 0.4) is 0 Å². The second kappa shape index (κ2) is 23.4. The fourth-order valence-electron chi connectivity index (χ4n) is 3.75. The van der Waals surface area contributed by atoms with Crippen LogP contribution in [0, 0.1) is 0 Å². The van der Waals surface area contributed by atoms with Gasteiger partial charge in [0.05, 0.1) is 27.2 Å². The Morgan fingerprint density at radius 3 is 1.46 bits per heavy atom. The summed E-state index contributed by atoms with van der Waals surface area (Å²) < 4.78 is 1.17. The summed E-state index contributed by atoms with van der Waals surface area (Å²) >= 11 is 0. The molecule has 0 saturated carbocycles. The van der Waals surface area contributed by atoms with Crippen LogP contribution in [0.1, 0.15) is 123 Å². The molecular formula is C25H53BrN2. The highest BCUT2D eigenvalue weighted by molar-refractivity contribution is 5.56. The first-order chi connectivity index (χ1) is 13.1. The molecule has 0 heterocycles. The van der Waals surface area contributed by atoms with Crippen molar-refractivity contribution >= 4 is 6.21 Å². The molecular weight excluding hydrogens is 408 g/mol. The van der Waals surface area contributed by atoms with Crippen molar-refractivity contribution in [2.45, 2.75) is 123 Å². The summed E-state index contributed by atoms with van der Waals surface area (Å²) in [7, 11) is 4.77. The maximum atomic E-state index is 4.50. The molecule has 0 aliphatic carbocycles. The van der Waals surface area contributed by atoms with Crippen molar-refractivity contribution in [3.05, 3.63) is 0 Å². The lowest BCUT2D eigenvalue weighted by atomic mass is 10.0. The molecule has 0 unspecified atom stereocenters. The van der Waals surface area contributed by atoms with Crippen LogP contribution < -0.4 is 17.0 Å². The van der Waals surface area contributed by atoms with Crippen LogP contribution in [0.4, 0.5) is 0 Å². The van der Waals surface area contributed by atoms with E-state index in [1.807, 2.05) is 0 Å². The van der Waals surface area contributed by atoms with E-state index < -0.39 is 0 Å². The van der Waals surface area contributed by atoms with Crippen LogP contribution in [-0.2, 0) is 0 Å². The Bertz CT molecular complexity index is 316. The number of aliphatic imine (C=N–C) groups is 1. The third-order valence-electron chi connectivity index (χ3n) is 5.71. The van der Waals surface area contributed by atoms with Crippen molar-refractivity contribution in [3.63, 3.8) is 0 Å². The van der Waals surface area contributed by atoms with E-state index in [0.717, 1.165) is 13.0 Å². The predicted octanol–water partition coefficient (Wildman–Crippen LogP) is 4.81. The average molecular weight is 462 g/mol. The summed E-state index contributed by atoms with van der Waals surface area (Å²) in [6.07, 6.45) is 25.9. The number of nitrogens with zero attached hydrogens (tertiary/aromatic N) is 2. The lowest BCUT2D eigenvalue weighted by molar-refractivity contribution is -0.890. The summed E-state index contributed by atoms with van der Waals surface area (Å²) in [4.78, 5) is 4.50. The Balaban J connectivity index is 0. The van der Waals surface area contributed by atoms with Crippen molar-refractivity contribution in [1.29, 1.82) is 0 Å². The predicted molar refractivity (Wildman–Crippen MR) is 125 cm³/mol. The van der Waals surface area contributed by atoms with Crippen molar-refractivity contribution in [3.8, 4) is 0 Å².